The molecule has 1 aliphatic rings. The predicted molar refractivity (Wildman–Crippen MR) is 108 cm³/mol. The van der Waals surface area contributed by atoms with Crippen molar-refractivity contribution in [1.82, 2.24) is 19.7 Å². The van der Waals surface area contributed by atoms with E-state index in [9.17, 15) is 13.2 Å². The highest BCUT2D eigenvalue weighted by molar-refractivity contribution is 7.91. The minimum Gasteiger partial charge on any atom is -0.334 e. The van der Waals surface area contributed by atoms with Crippen molar-refractivity contribution in [2.24, 2.45) is 0 Å². The Labute approximate surface area is 167 Å². The number of aromatic nitrogens is 3. The molecule has 7 nitrogen and oxygen atoms in total. The van der Waals surface area contributed by atoms with Gasteiger partial charge in [-0.15, -0.1) is 11.3 Å². The Balaban J connectivity index is 1.54. The molecule has 1 unspecified atom stereocenters. The zero-order valence-electron chi connectivity index (χ0n) is 15.4. The van der Waals surface area contributed by atoms with Crippen LogP contribution < -0.4 is 0 Å². The maximum atomic E-state index is 12.9. The normalized spacial score (nSPS) is 18.2. The third-order valence-corrected chi connectivity index (χ3v) is 7.47. The average molecular weight is 417 g/mol. The minimum absolute atomic E-state index is 0.0351. The zero-order valence-corrected chi connectivity index (χ0v) is 17.0. The number of sulfone groups is 1. The SMILES string of the molecule is CCN(C(=O)c1csc(-c2cnn(-c3ccccc3)c2)n1)C1CCS(=O)(=O)C1. The van der Waals surface area contributed by atoms with Gasteiger partial charge in [-0.2, -0.15) is 5.10 Å². The van der Waals surface area contributed by atoms with Crippen LogP contribution in [0.5, 0.6) is 0 Å². The maximum Gasteiger partial charge on any atom is 0.273 e. The summed E-state index contributed by atoms with van der Waals surface area (Å²) < 4.78 is 25.3. The van der Waals surface area contributed by atoms with Gasteiger partial charge in [0.2, 0.25) is 0 Å². The average Bonchev–Trinajstić information content (AvgIpc) is 3.42. The van der Waals surface area contributed by atoms with E-state index in [1.165, 1.54) is 11.3 Å². The van der Waals surface area contributed by atoms with Crippen molar-refractivity contribution >= 4 is 27.1 Å². The molecule has 0 radical (unpaired) electrons. The molecule has 0 bridgehead atoms. The minimum atomic E-state index is -3.05. The van der Waals surface area contributed by atoms with E-state index in [1.807, 2.05) is 43.5 Å². The van der Waals surface area contributed by atoms with Gasteiger partial charge in [-0.1, -0.05) is 18.2 Å². The highest BCUT2D eigenvalue weighted by Crippen LogP contribution is 2.26. The molecular formula is C19H20N4O3S2. The first-order chi connectivity index (χ1) is 13.5. The van der Waals surface area contributed by atoms with Crippen LogP contribution in [-0.4, -0.2) is 58.1 Å². The fourth-order valence-electron chi connectivity index (χ4n) is 3.40. The summed E-state index contributed by atoms with van der Waals surface area (Å²) >= 11 is 1.38. The van der Waals surface area contributed by atoms with Gasteiger partial charge in [0.05, 0.1) is 23.4 Å². The molecule has 1 atom stereocenters. The fraction of sp³-hybridized carbons (Fsp3) is 0.316. The first kappa shape index (κ1) is 18.8. The second-order valence-corrected chi connectivity index (χ2v) is 9.78. The van der Waals surface area contributed by atoms with E-state index in [-0.39, 0.29) is 23.5 Å². The monoisotopic (exact) mass is 416 g/mol. The summed E-state index contributed by atoms with van der Waals surface area (Å²) in [5.74, 6) is -0.0434. The fourth-order valence-corrected chi connectivity index (χ4v) is 5.90. The van der Waals surface area contributed by atoms with Crippen LogP contribution in [0.3, 0.4) is 0 Å². The van der Waals surface area contributed by atoms with Crippen LogP contribution in [0.15, 0.2) is 48.1 Å². The van der Waals surface area contributed by atoms with Gasteiger partial charge in [-0.3, -0.25) is 4.79 Å². The molecule has 0 N–H and O–H groups in total. The Bertz CT molecular complexity index is 1090. The first-order valence-electron chi connectivity index (χ1n) is 9.04. The summed E-state index contributed by atoms with van der Waals surface area (Å²) in [5.41, 5.74) is 2.12. The van der Waals surface area contributed by atoms with Crippen molar-refractivity contribution in [3.8, 4) is 16.3 Å². The van der Waals surface area contributed by atoms with Gasteiger partial charge in [0.1, 0.15) is 10.7 Å². The van der Waals surface area contributed by atoms with Gasteiger partial charge in [-0.05, 0) is 25.5 Å². The lowest BCUT2D eigenvalue weighted by molar-refractivity contribution is 0.0703. The maximum absolute atomic E-state index is 12.9. The molecule has 2 aromatic heterocycles. The van der Waals surface area contributed by atoms with Gasteiger partial charge >= 0.3 is 0 Å². The molecule has 3 heterocycles. The topological polar surface area (TPSA) is 85.2 Å². The van der Waals surface area contributed by atoms with Gasteiger partial charge in [-0.25, -0.2) is 18.1 Å². The summed E-state index contributed by atoms with van der Waals surface area (Å²) in [5, 5.41) is 6.80. The molecule has 0 aliphatic carbocycles. The number of hydrogen-bond donors (Lipinski definition) is 0. The van der Waals surface area contributed by atoms with Crippen molar-refractivity contribution in [1.29, 1.82) is 0 Å². The van der Waals surface area contributed by atoms with Crippen molar-refractivity contribution in [3.63, 3.8) is 0 Å². The molecule has 4 rings (SSSR count). The van der Waals surface area contributed by atoms with Crippen LogP contribution in [0.25, 0.3) is 16.3 Å². The number of hydrogen-bond acceptors (Lipinski definition) is 6. The van der Waals surface area contributed by atoms with Gasteiger partial charge < -0.3 is 4.90 Å². The van der Waals surface area contributed by atoms with Crippen molar-refractivity contribution < 1.29 is 13.2 Å². The van der Waals surface area contributed by atoms with Crippen molar-refractivity contribution in [3.05, 3.63) is 53.8 Å². The summed E-state index contributed by atoms with van der Waals surface area (Å²) in [6.07, 6.45) is 4.09. The Morgan fingerprint density at radius 3 is 2.79 bits per heavy atom. The molecule has 28 heavy (non-hydrogen) atoms. The third-order valence-electron chi connectivity index (χ3n) is 4.82. The largest absolute Gasteiger partial charge is 0.334 e. The molecule has 0 spiro atoms. The lowest BCUT2D eigenvalue weighted by Crippen LogP contribution is -2.41. The van der Waals surface area contributed by atoms with Crippen LogP contribution in [-0.2, 0) is 9.84 Å². The molecule has 1 saturated heterocycles. The third kappa shape index (κ3) is 3.72. The number of nitrogens with zero attached hydrogens (tertiary/aromatic N) is 4. The summed E-state index contributed by atoms with van der Waals surface area (Å²) in [4.78, 5) is 19.0. The van der Waals surface area contributed by atoms with E-state index < -0.39 is 9.84 Å². The van der Waals surface area contributed by atoms with E-state index in [4.69, 9.17) is 0 Å². The van der Waals surface area contributed by atoms with Gasteiger partial charge in [0.25, 0.3) is 5.91 Å². The second kappa shape index (κ2) is 7.48. The molecule has 9 heteroatoms. The standard InChI is InChI=1S/C19H20N4O3S2/c1-2-22(16-8-9-28(25,26)13-16)19(24)17-12-27-18(21-17)14-10-20-23(11-14)15-6-4-3-5-7-15/h3-7,10-12,16H,2,8-9,13H2,1H3. The van der Waals surface area contributed by atoms with Crippen LogP contribution >= 0.6 is 11.3 Å². The van der Waals surface area contributed by atoms with Gasteiger partial charge in [0.15, 0.2) is 9.84 Å². The van der Waals surface area contributed by atoms with E-state index >= 15 is 0 Å². The van der Waals surface area contributed by atoms with E-state index in [0.717, 1.165) is 11.3 Å². The zero-order chi connectivity index (χ0) is 19.7. The number of rotatable bonds is 5. The van der Waals surface area contributed by atoms with Crippen LogP contribution in [0.2, 0.25) is 0 Å². The number of carbonyl (C=O) groups is 1. The van der Waals surface area contributed by atoms with Gasteiger partial charge in [0, 0.05) is 29.7 Å². The van der Waals surface area contributed by atoms with Crippen molar-refractivity contribution in [2.75, 3.05) is 18.1 Å². The molecule has 1 aromatic carbocycles. The Morgan fingerprint density at radius 2 is 2.11 bits per heavy atom. The number of carbonyl (C=O) groups excluding carboxylic acids is 1. The lowest BCUT2D eigenvalue weighted by atomic mass is 10.2. The lowest BCUT2D eigenvalue weighted by Gasteiger charge is -2.25. The quantitative estimate of drug-likeness (QED) is 0.638. The number of benzene rings is 1. The summed E-state index contributed by atoms with van der Waals surface area (Å²) in [6, 6.07) is 9.49. The molecular weight excluding hydrogens is 396 g/mol. The smallest absolute Gasteiger partial charge is 0.273 e. The summed E-state index contributed by atoms with van der Waals surface area (Å²) in [7, 11) is -3.05. The molecule has 0 saturated carbocycles. The van der Waals surface area contributed by atoms with Crippen LogP contribution in [0.4, 0.5) is 0 Å². The van der Waals surface area contributed by atoms with Crippen molar-refractivity contribution in [2.45, 2.75) is 19.4 Å². The van der Waals surface area contributed by atoms with E-state index in [2.05, 4.69) is 10.1 Å². The van der Waals surface area contributed by atoms with E-state index in [0.29, 0.717) is 23.7 Å². The number of thiazole rings is 1. The Hall–Kier alpha value is -2.52. The molecule has 146 valence electrons. The summed E-state index contributed by atoms with van der Waals surface area (Å²) in [6.45, 7) is 2.32. The molecule has 1 fully saturated rings. The van der Waals surface area contributed by atoms with Crippen LogP contribution in [0, 0.1) is 0 Å². The Morgan fingerprint density at radius 1 is 1.32 bits per heavy atom. The predicted octanol–water partition coefficient (Wildman–Crippen LogP) is 2.65. The Kier molecular flexibility index (Phi) is 5.03. The molecule has 1 amide bonds. The van der Waals surface area contributed by atoms with E-state index in [1.54, 1.807) is 21.2 Å². The highest BCUT2D eigenvalue weighted by Gasteiger charge is 2.34. The first-order valence-corrected chi connectivity index (χ1v) is 11.7. The van der Waals surface area contributed by atoms with Crippen LogP contribution in [0.1, 0.15) is 23.8 Å². The molecule has 1 aliphatic heterocycles. The number of para-hydroxylation sites is 1. The number of amides is 1. The molecule has 3 aromatic rings. The highest BCUT2D eigenvalue weighted by atomic mass is 32.2. The second-order valence-electron chi connectivity index (χ2n) is 6.70.